The Morgan fingerprint density at radius 2 is 1.38 bits per heavy atom. The summed E-state index contributed by atoms with van der Waals surface area (Å²) in [5.41, 5.74) is -0.773. The first-order chi connectivity index (χ1) is 15.5. The van der Waals surface area contributed by atoms with Gasteiger partial charge < -0.3 is 14.2 Å². The molecule has 0 amide bonds. The van der Waals surface area contributed by atoms with Gasteiger partial charge in [0, 0.05) is 5.56 Å². The monoisotopic (exact) mass is 438 g/mol. The maximum atomic E-state index is 13.9. The van der Waals surface area contributed by atoms with Gasteiger partial charge in [0.15, 0.2) is 5.78 Å². The Morgan fingerprint density at radius 3 is 1.88 bits per heavy atom. The van der Waals surface area contributed by atoms with E-state index >= 15 is 0 Å². The standard InChI is InChI=1S/C26H30O6/c1-4-13-20-26(24(28)30-5-2,25(29)31-6-3)21(22(27)18-14-9-7-10-15-18)23(32-20)19-16-11-8-12-17-19/h7-12,14-17,20-21,23H,4-6,13H2,1-3H3/t20-,21+,23+/m0/s1. The number of esters is 2. The first kappa shape index (κ1) is 23.7. The highest BCUT2D eigenvalue weighted by molar-refractivity contribution is 6.10. The van der Waals surface area contributed by atoms with E-state index < -0.39 is 35.5 Å². The Bertz CT molecular complexity index is 906. The Labute approximate surface area is 188 Å². The van der Waals surface area contributed by atoms with Crippen molar-refractivity contribution in [2.24, 2.45) is 11.3 Å². The summed E-state index contributed by atoms with van der Waals surface area (Å²) in [6.07, 6.45) is -0.596. The van der Waals surface area contributed by atoms with E-state index in [1.165, 1.54) is 0 Å². The average molecular weight is 439 g/mol. The van der Waals surface area contributed by atoms with E-state index in [2.05, 4.69) is 0 Å². The zero-order chi connectivity index (χ0) is 23.1. The van der Waals surface area contributed by atoms with Crippen LogP contribution in [0.15, 0.2) is 60.7 Å². The SMILES string of the molecule is CCC[C@@H]1O[C@H](c2ccccc2)[C@@H](C(=O)c2ccccc2)C1(C(=O)OCC)C(=O)OCC. The lowest BCUT2D eigenvalue weighted by molar-refractivity contribution is -0.178. The van der Waals surface area contributed by atoms with Crippen molar-refractivity contribution < 1.29 is 28.6 Å². The van der Waals surface area contributed by atoms with Gasteiger partial charge >= 0.3 is 11.9 Å². The minimum absolute atomic E-state index is 0.0705. The third kappa shape index (κ3) is 4.19. The summed E-state index contributed by atoms with van der Waals surface area (Å²) in [5, 5.41) is 0. The smallest absolute Gasteiger partial charge is 0.327 e. The summed E-state index contributed by atoms with van der Waals surface area (Å²) in [4.78, 5) is 41.0. The van der Waals surface area contributed by atoms with Crippen LogP contribution in [0.3, 0.4) is 0 Å². The van der Waals surface area contributed by atoms with E-state index in [1.54, 1.807) is 44.2 Å². The zero-order valence-electron chi connectivity index (χ0n) is 18.8. The quantitative estimate of drug-likeness (QED) is 0.325. The molecule has 0 spiro atoms. The number of ether oxygens (including phenoxy) is 3. The normalized spacial score (nSPS) is 21.7. The molecule has 2 aromatic rings. The highest BCUT2D eigenvalue weighted by atomic mass is 16.6. The molecule has 6 heteroatoms. The predicted molar refractivity (Wildman–Crippen MR) is 119 cm³/mol. The number of hydrogen-bond acceptors (Lipinski definition) is 6. The van der Waals surface area contributed by atoms with Gasteiger partial charge in [0.05, 0.1) is 31.3 Å². The topological polar surface area (TPSA) is 78.9 Å². The van der Waals surface area contributed by atoms with Gasteiger partial charge in [0.25, 0.3) is 0 Å². The van der Waals surface area contributed by atoms with Crippen molar-refractivity contribution in [2.45, 2.75) is 45.8 Å². The molecule has 1 fully saturated rings. The van der Waals surface area contributed by atoms with E-state index in [-0.39, 0.29) is 19.0 Å². The van der Waals surface area contributed by atoms with Crippen LogP contribution in [-0.2, 0) is 23.8 Å². The molecule has 32 heavy (non-hydrogen) atoms. The molecular formula is C26H30O6. The summed E-state index contributed by atoms with van der Waals surface area (Å²) in [7, 11) is 0. The van der Waals surface area contributed by atoms with E-state index in [0.717, 1.165) is 5.56 Å². The van der Waals surface area contributed by atoms with Crippen LogP contribution in [0.5, 0.6) is 0 Å². The van der Waals surface area contributed by atoms with Crippen molar-refractivity contribution in [2.75, 3.05) is 13.2 Å². The first-order valence-corrected chi connectivity index (χ1v) is 11.2. The summed E-state index contributed by atoms with van der Waals surface area (Å²) in [5.74, 6) is -3.02. The molecule has 0 saturated carbocycles. The lowest BCUT2D eigenvalue weighted by Crippen LogP contribution is -2.54. The van der Waals surface area contributed by atoms with Gasteiger partial charge in [-0.2, -0.15) is 0 Å². The molecule has 0 aromatic heterocycles. The Morgan fingerprint density at radius 1 is 0.844 bits per heavy atom. The lowest BCUT2D eigenvalue weighted by Gasteiger charge is -2.33. The molecule has 0 unspecified atom stereocenters. The van der Waals surface area contributed by atoms with Gasteiger partial charge in [-0.25, -0.2) is 0 Å². The zero-order valence-corrected chi connectivity index (χ0v) is 18.8. The van der Waals surface area contributed by atoms with Gasteiger partial charge in [-0.1, -0.05) is 74.0 Å². The first-order valence-electron chi connectivity index (χ1n) is 11.2. The molecule has 1 heterocycles. The fourth-order valence-corrected chi connectivity index (χ4v) is 4.50. The molecule has 0 bridgehead atoms. The number of Topliss-reactive ketones (excluding diaryl/α,β-unsaturated/α-hetero) is 1. The fraction of sp³-hybridized carbons (Fsp3) is 0.423. The highest BCUT2D eigenvalue weighted by Gasteiger charge is 2.69. The summed E-state index contributed by atoms with van der Waals surface area (Å²) in [6.45, 7) is 5.42. The second-order valence-electron chi connectivity index (χ2n) is 7.76. The second-order valence-corrected chi connectivity index (χ2v) is 7.76. The van der Waals surface area contributed by atoms with Crippen LogP contribution in [-0.4, -0.2) is 37.0 Å². The largest absolute Gasteiger partial charge is 0.465 e. The van der Waals surface area contributed by atoms with E-state index in [9.17, 15) is 14.4 Å². The lowest BCUT2D eigenvalue weighted by atomic mass is 9.66. The predicted octanol–water partition coefficient (Wildman–Crippen LogP) is 4.54. The Kier molecular flexibility index (Phi) is 7.80. The molecule has 3 atom stereocenters. The molecule has 6 nitrogen and oxygen atoms in total. The molecule has 0 N–H and O–H groups in total. The Hall–Kier alpha value is -2.99. The van der Waals surface area contributed by atoms with E-state index in [1.807, 2.05) is 37.3 Å². The third-order valence-electron chi connectivity index (χ3n) is 5.86. The number of benzene rings is 2. The van der Waals surface area contributed by atoms with Crippen molar-refractivity contribution in [3.8, 4) is 0 Å². The second kappa shape index (κ2) is 10.6. The van der Waals surface area contributed by atoms with Gasteiger partial charge in [-0.3, -0.25) is 14.4 Å². The van der Waals surface area contributed by atoms with Crippen molar-refractivity contribution >= 4 is 17.7 Å². The van der Waals surface area contributed by atoms with Crippen LogP contribution in [0.1, 0.15) is 55.6 Å². The summed E-state index contributed by atoms with van der Waals surface area (Å²) in [6, 6.07) is 17.9. The van der Waals surface area contributed by atoms with Crippen LogP contribution in [0.2, 0.25) is 0 Å². The van der Waals surface area contributed by atoms with Crippen LogP contribution < -0.4 is 0 Å². The molecule has 2 aromatic carbocycles. The molecule has 1 aliphatic heterocycles. The van der Waals surface area contributed by atoms with Crippen molar-refractivity contribution in [3.05, 3.63) is 71.8 Å². The number of hydrogen-bond donors (Lipinski definition) is 0. The van der Waals surface area contributed by atoms with E-state index in [4.69, 9.17) is 14.2 Å². The molecule has 1 aliphatic rings. The summed E-state index contributed by atoms with van der Waals surface area (Å²) < 4.78 is 17.2. The van der Waals surface area contributed by atoms with Gasteiger partial charge in [-0.15, -0.1) is 0 Å². The molecule has 1 saturated heterocycles. The van der Waals surface area contributed by atoms with Crippen LogP contribution in [0, 0.1) is 11.3 Å². The van der Waals surface area contributed by atoms with Crippen LogP contribution >= 0.6 is 0 Å². The third-order valence-corrected chi connectivity index (χ3v) is 5.86. The van der Waals surface area contributed by atoms with Crippen LogP contribution in [0.4, 0.5) is 0 Å². The Balaban J connectivity index is 2.26. The minimum Gasteiger partial charge on any atom is -0.465 e. The molecule has 170 valence electrons. The molecule has 0 radical (unpaired) electrons. The van der Waals surface area contributed by atoms with E-state index in [0.29, 0.717) is 18.4 Å². The van der Waals surface area contributed by atoms with Crippen molar-refractivity contribution in [3.63, 3.8) is 0 Å². The minimum atomic E-state index is -1.89. The molecule has 0 aliphatic carbocycles. The highest BCUT2D eigenvalue weighted by Crippen LogP contribution is 2.54. The number of ketones is 1. The van der Waals surface area contributed by atoms with Crippen molar-refractivity contribution in [1.29, 1.82) is 0 Å². The maximum absolute atomic E-state index is 13.9. The van der Waals surface area contributed by atoms with Gasteiger partial charge in [-0.05, 0) is 25.8 Å². The maximum Gasteiger partial charge on any atom is 0.327 e. The van der Waals surface area contributed by atoms with Gasteiger partial charge in [0.2, 0.25) is 5.41 Å². The molecular weight excluding hydrogens is 408 g/mol. The van der Waals surface area contributed by atoms with Crippen LogP contribution in [0.25, 0.3) is 0 Å². The number of carbonyl (C=O) groups excluding carboxylic acids is 3. The number of carbonyl (C=O) groups is 3. The molecule has 3 rings (SSSR count). The summed E-state index contributed by atoms with van der Waals surface area (Å²) >= 11 is 0. The van der Waals surface area contributed by atoms with Gasteiger partial charge in [0.1, 0.15) is 0 Å². The number of rotatable bonds is 9. The fourth-order valence-electron chi connectivity index (χ4n) is 4.50. The average Bonchev–Trinajstić information content (AvgIpc) is 3.16. The van der Waals surface area contributed by atoms with Crippen molar-refractivity contribution in [1.82, 2.24) is 0 Å².